The van der Waals surface area contributed by atoms with Gasteiger partial charge >= 0.3 is 0 Å². The Hall–Kier alpha value is -1.39. The number of hydrogen-bond donors (Lipinski definition) is 1. The standard InChI is InChI=1S/C16H24N2O2/c1-5-20-12(3)10-18-15(17-13(4)16(18)19)14-8-6-11(2)7-9-14/h6-9,12-13,15,17H,5,10H2,1-4H3. The van der Waals surface area contributed by atoms with Crippen molar-refractivity contribution in [3.63, 3.8) is 0 Å². The van der Waals surface area contributed by atoms with Gasteiger partial charge in [0.2, 0.25) is 5.91 Å². The molecule has 4 nitrogen and oxygen atoms in total. The molecule has 1 heterocycles. The Morgan fingerprint density at radius 1 is 1.35 bits per heavy atom. The maximum absolute atomic E-state index is 12.3. The smallest absolute Gasteiger partial charge is 0.241 e. The molecule has 3 atom stereocenters. The number of hydrogen-bond acceptors (Lipinski definition) is 3. The molecule has 3 unspecified atom stereocenters. The molecular weight excluding hydrogens is 252 g/mol. The highest BCUT2D eigenvalue weighted by atomic mass is 16.5. The van der Waals surface area contributed by atoms with E-state index in [1.807, 2.05) is 25.7 Å². The van der Waals surface area contributed by atoms with E-state index in [9.17, 15) is 4.79 Å². The number of amides is 1. The second-order valence-corrected chi connectivity index (χ2v) is 5.46. The zero-order valence-electron chi connectivity index (χ0n) is 12.7. The fourth-order valence-corrected chi connectivity index (χ4v) is 2.61. The average Bonchev–Trinajstić information content (AvgIpc) is 2.68. The quantitative estimate of drug-likeness (QED) is 0.896. The van der Waals surface area contributed by atoms with Gasteiger partial charge in [0, 0.05) is 13.2 Å². The molecule has 4 heteroatoms. The van der Waals surface area contributed by atoms with Crippen LogP contribution < -0.4 is 5.32 Å². The average molecular weight is 276 g/mol. The highest BCUT2D eigenvalue weighted by Gasteiger charge is 2.37. The number of aryl methyl sites for hydroxylation is 1. The van der Waals surface area contributed by atoms with Crippen LogP contribution in [0, 0.1) is 6.92 Å². The van der Waals surface area contributed by atoms with Gasteiger partial charge in [-0.3, -0.25) is 10.1 Å². The van der Waals surface area contributed by atoms with Crippen LogP contribution in [0.2, 0.25) is 0 Å². The molecule has 0 aliphatic carbocycles. The Balaban J connectivity index is 2.17. The van der Waals surface area contributed by atoms with Gasteiger partial charge in [0.15, 0.2) is 0 Å². The molecule has 1 amide bonds. The number of carbonyl (C=O) groups excluding carboxylic acids is 1. The summed E-state index contributed by atoms with van der Waals surface area (Å²) in [6.07, 6.45) is -0.00926. The first kappa shape index (κ1) is 15.0. The van der Waals surface area contributed by atoms with Crippen molar-refractivity contribution in [1.82, 2.24) is 10.2 Å². The van der Waals surface area contributed by atoms with Crippen LogP contribution in [-0.4, -0.2) is 36.1 Å². The summed E-state index contributed by atoms with van der Waals surface area (Å²) >= 11 is 0. The van der Waals surface area contributed by atoms with Crippen LogP contribution in [0.5, 0.6) is 0 Å². The van der Waals surface area contributed by atoms with Gasteiger partial charge in [0.05, 0.1) is 12.1 Å². The number of nitrogens with zero attached hydrogens (tertiary/aromatic N) is 1. The van der Waals surface area contributed by atoms with Crippen LogP contribution in [0.25, 0.3) is 0 Å². The molecule has 1 aliphatic rings. The van der Waals surface area contributed by atoms with Crippen LogP contribution >= 0.6 is 0 Å². The number of rotatable bonds is 5. The summed E-state index contributed by atoms with van der Waals surface area (Å²) in [6.45, 7) is 9.24. The van der Waals surface area contributed by atoms with Gasteiger partial charge in [-0.2, -0.15) is 0 Å². The third-order valence-corrected chi connectivity index (χ3v) is 3.67. The molecular formula is C16H24N2O2. The Labute approximate surface area is 121 Å². The third-order valence-electron chi connectivity index (χ3n) is 3.67. The fraction of sp³-hybridized carbons (Fsp3) is 0.562. The van der Waals surface area contributed by atoms with E-state index < -0.39 is 0 Å². The lowest BCUT2D eigenvalue weighted by atomic mass is 10.1. The van der Waals surface area contributed by atoms with E-state index in [2.05, 4.69) is 36.5 Å². The molecule has 0 saturated carbocycles. The van der Waals surface area contributed by atoms with E-state index >= 15 is 0 Å². The molecule has 1 aromatic rings. The second-order valence-electron chi connectivity index (χ2n) is 5.46. The number of nitrogens with one attached hydrogen (secondary N) is 1. The minimum absolute atomic E-state index is 0.0454. The number of carbonyl (C=O) groups is 1. The lowest BCUT2D eigenvalue weighted by Gasteiger charge is -2.27. The van der Waals surface area contributed by atoms with Crippen molar-refractivity contribution in [2.24, 2.45) is 0 Å². The van der Waals surface area contributed by atoms with Crippen molar-refractivity contribution in [3.05, 3.63) is 35.4 Å². The van der Waals surface area contributed by atoms with Gasteiger partial charge in [-0.15, -0.1) is 0 Å². The molecule has 0 aromatic heterocycles. The first-order chi connectivity index (χ1) is 9.52. The van der Waals surface area contributed by atoms with Crippen molar-refractivity contribution in [2.45, 2.75) is 46.0 Å². The van der Waals surface area contributed by atoms with Gasteiger partial charge in [0.1, 0.15) is 6.17 Å². The summed E-state index contributed by atoms with van der Waals surface area (Å²) in [5, 5.41) is 3.36. The van der Waals surface area contributed by atoms with Crippen molar-refractivity contribution in [2.75, 3.05) is 13.2 Å². The van der Waals surface area contributed by atoms with Gasteiger partial charge in [-0.05, 0) is 33.3 Å². The van der Waals surface area contributed by atoms with Gasteiger partial charge in [-0.1, -0.05) is 29.8 Å². The predicted molar refractivity (Wildman–Crippen MR) is 79.3 cm³/mol. The molecule has 1 N–H and O–H groups in total. The van der Waals surface area contributed by atoms with Crippen molar-refractivity contribution < 1.29 is 9.53 Å². The summed E-state index contributed by atoms with van der Waals surface area (Å²) in [7, 11) is 0. The van der Waals surface area contributed by atoms with Crippen molar-refractivity contribution >= 4 is 5.91 Å². The first-order valence-electron chi connectivity index (χ1n) is 7.27. The van der Waals surface area contributed by atoms with Gasteiger partial charge in [0.25, 0.3) is 0 Å². The van der Waals surface area contributed by atoms with E-state index in [1.165, 1.54) is 5.56 Å². The normalized spacial score (nSPS) is 24.2. The lowest BCUT2D eigenvalue weighted by Crippen LogP contribution is -2.37. The molecule has 1 saturated heterocycles. The van der Waals surface area contributed by atoms with Crippen LogP contribution in [0.3, 0.4) is 0 Å². The molecule has 20 heavy (non-hydrogen) atoms. The number of ether oxygens (including phenoxy) is 1. The van der Waals surface area contributed by atoms with Crippen LogP contribution in [0.15, 0.2) is 24.3 Å². The van der Waals surface area contributed by atoms with Crippen molar-refractivity contribution in [3.8, 4) is 0 Å². The Kier molecular flexibility index (Phi) is 4.78. The molecule has 0 bridgehead atoms. The molecule has 1 aromatic carbocycles. The summed E-state index contributed by atoms with van der Waals surface area (Å²) < 4.78 is 5.57. The van der Waals surface area contributed by atoms with Gasteiger partial charge in [-0.25, -0.2) is 0 Å². The minimum atomic E-state index is -0.143. The van der Waals surface area contributed by atoms with E-state index in [0.717, 1.165) is 5.56 Å². The van der Waals surface area contributed by atoms with Crippen LogP contribution in [-0.2, 0) is 9.53 Å². The largest absolute Gasteiger partial charge is 0.377 e. The maximum Gasteiger partial charge on any atom is 0.241 e. The van der Waals surface area contributed by atoms with E-state index in [1.54, 1.807) is 0 Å². The second kappa shape index (κ2) is 6.37. The predicted octanol–water partition coefficient (Wildman–Crippen LogP) is 2.24. The summed E-state index contributed by atoms with van der Waals surface area (Å²) in [5.41, 5.74) is 2.34. The Morgan fingerprint density at radius 2 is 2.00 bits per heavy atom. The van der Waals surface area contributed by atoms with Gasteiger partial charge < -0.3 is 9.64 Å². The van der Waals surface area contributed by atoms with E-state index in [-0.39, 0.29) is 24.2 Å². The topological polar surface area (TPSA) is 41.6 Å². The molecule has 0 spiro atoms. The Morgan fingerprint density at radius 3 is 2.60 bits per heavy atom. The van der Waals surface area contributed by atoms with Crippen LogP contribution in [0.1, 0.15) is 38.1 Å². The van der Waals surface area contributed by atoms with E-state index in [0.29, 0.717) is 13.2 Å². The maximum atomic E-state index is 12.3. The minimum Gasteiger partial charge on any atom is -0.377 e. The molecule has 0 radical (unpaired) electrons. The third kappa shape index (κ3) is 3.19. The lowest BCUT2D eigenvalue weighted by molar-refractivity contribution is -0.131. The highest BCUT2D eigenvalue weighted by Crippen LogP contribution is 2.26. The summed E-state index contributed by atoms with van der Waals surface area (Å²) in [6, 6.07) is 8.17. The monoisotopic (exact) mass is 276 g/mol. The van der Waals surface area contributed by atoms with Crippen molar-refractivity contribution in [1.29, 1.82) is 0 Å². The zero-order chi connectivity index (χ0) is 14.7. The highest BCUT2D eigenvalue weighted by molar-refractivity contribution is 5.84. The zero-order valence-corrected chi connectivity index (χ0v) is 12.7. The SMILES string of the molecule is CCOC(C)CN1C(=O)C(C)NC1c1ccc(C)cc1. The molecule has 1 aliphatic heterocycles. The number of benzene rings is 1. The molecule has 110 valence electrons. The van der Waals surface area contributed by atoms with E-state index in [4.69, 9.17) is 4.74 Å². The fourth-order valence-electron chi connectivity index (χ4n) is 2.61. The summed E-state index contributed by atoms with van der Waals surface area (Å²) in [4.78, 5) is 14.2. The summed E-state index contributed by atoms with van der Waals surface area (Å²) in [5.74, 6) is 0.141. The Bertz CT molecular complexity index is 458. The van der Waals surface area contributed by atoms with Crippen LogP contribution in [0.4, 0.5) is 0 Å². The first-order valence-corrected chi connectivity index (χ1v) is 7.27. The molecule has 1 fully saturated rings. The molecule has 2 rings (SSSR count).